The Kier molecular flexibility index (Phi) is 52.4. The van der Waals surface area contributed by atoms with Crippen molar-refractivity contribution in [2.45, 2.75) is 315 Å². The van der Waals surface area contributed by atoms with Gasteiger partial charge in [-0.05, 0) is 96.3 Å². The van der Waals surface area contributed by atoms with Crippen LogP contribution in [-0.4, -0.2) is 11.0 Å². The fourth-order valence-corrected chi connectivity index (χ4v) is 8.62. The molecule has 4 N–H and O–H groups in total. The third-order valence-electron chi connectivity index (χ3n) is 12.7. The number of hydrogen-bond donors (Lipinski definition) is 1. The van der Waals surface area contributed by atoms with Gasteiger partial charge in [0.15, 0.2) is 0 Å². The lowest BCUT2D eigenvalue weighted by Crippen LogP contribution is -2.72. The van der Waals surface area contributed by atoms with Crippen LogP contribution in [0.4, 0.5) is 0 Å². The van der Waals surface area contributed by atoms with Gasteiger partial charge in [-0.2, -0.15) is 0 Å². The molecule has 0 radical (unpaired) electrons. The van der Waals surface area contributed by atoms with Crippen molar-refractivity contribution in [3.05, 3.63) is 36.5 Å². The summed E-state index contributed by atoms with van der Waals surface area (Å²) < 4.78 is 0. The van der Waals surface area contributed by atoms with Crippen LogP contribution in [0.3, 0.4) is 0 Å². The quantitative estimate of drug-likeness (QED) is 0.0484. The molecule has 0 aliphatic carbocycles. The maximum Gasteiger partial charge on any atom is 0.0945 e. The van der Waals surface area contributed by atoms with E-state index >= 15 is 0 Å². The molecule has 340 valence electrons. The van der Waals surface area contributed by atoms with E-state index in [1.807, 2.05) is 0 Å². The maximum absolute atomic E-state index is 4.97. The van der Waals surface area contributed by atoms with E-state index in [1.165, 1.54) is 289 Å². The van der Waals surface area contributed by atoms with E-state index in [-0.39, 0.29) is 5.48 Å². The highest BCUT2D eigenvalue weighted by molar-refractivity contribution is 4.83. The highest BCUT2D eigenvalue weighted by Crippen LogP contribution is 2.26. The first-order valence-electron chi connectivity index (χ1n) is 26.5. The predicted molar refractivity (Wildman–Crippen MR) is 260 cm³/mol. The average Bonchev–Trinajstić information content (AvgIpc) is 3.20. The van der Waals surface area contributed by atoms with Gasteiger partial charge in [0.1, 0.15) is 0 Å². The normalized spacial score (nSPS) is 12.2. The molecule has 0 spiro atoms. The number of hydrogen-bond acceptors (Lipinski definition) is 1. The Labute approximate surface area is 361 Å². The fourth-order valence-electron chi connectivity index (χ4n) is 8.62. The summed E-state index contributed by atoms with van der Waals surface area (Å²) in [7, 11) is 0. The second-order valence-electron chi connectivity index (χ2n) is 18.6. The molecule has 0 atom stereocenters. The van der Waals surface area contributed by atoms with E-state index in [2.05, 4.69) is 57.2 Å². The lowest BCUT2D eigenvalue weighted by Gasteiger charge is -2.26. The Morgan fingerprint density at radius 3 is 0.596 bits per heavy atom. The van der Waals surface area contributed by atoms with Crippen LogP contribution < -0.4 is 5.73 Å². The Hall–Kier alpha value is -0.860. The minimum atomic E-state index is 0. The fraction of sp³-hybridized carbons (Fsp3) is 0.891. The molecule has 0 unspecified atom stereocenters. The van der Waals surface area contributed by atoms with Crippen molar-refractivity contribution in [2.75, 3.05) is 0 Å². The largest absolute Gasteiger partial charge is 0.870 e. The van der Waals surface area contributed by atoms with Crippen LogP contribution >= 0.6 is 0 Å². The minimum absolute atomic E-state index is 0. The number of rotatable bonds is 48. The van der Waals surface area contributed by atoms with Crippen molar-refractivity contribution in [1.82, 2.24) is 0 Å². The van der Waals surface area contributed by atoms with Crippen LogP contribution in [0.15, 0.2) is 36.5 Å². The van der Waals surface area contributed by atoms with Gasteiger partial charge in [0, 0.05) is 19.3 Å². The maximum atomic E-state index is 4.97. The Morgan fingerprint density at radius 1 is 0.246 bits per heavy atom. The molecule has 2 nitrogen and oxygen atoms in total. The van der Waals surface area contributed by atoms with Crippen LogP contribution in [-0.2, 0) is 0 Å². The first-order valence-corrected chi connectivity index (χ1v) is 26.5. The Morgan fingerprint density at radius 2 is 0.404 bits per heavy atom. The summed E-state index contributed by atoms with van der Waals surface area (Å²) in [5.74, 6) is 0. The molecule has 57 heavy (non-hydrogen) atoms. The predicted octanol–water partition coefficient (Wildman–Crippen LogP) is 19.1. The molecule has 2 heteroatoms. The molecule has 0 aliphatic rings. The monoisotopic (exact) mass is 800 g/mol. The van der Waals surface area contributed by atoms with Crippen molar-refractivity contribution in [1.29, 1.82) is 0 Å². The summed E-state index contributed by atoms with van der Waals surface area (Å²) in [4.78, 5) is 0. The van der Waals surface area contributed by atoms with E-state index in [0.717, 1.165) is 0 Å². The van der Waals surface area contributed by atoms with Gasteiger partial charge < -0.3 is 11.2 Å². The standard InChI is InChI=1S/C55H107N.H2O/c1-4-7-10-13-16-19-22-25-28-31-34-37-40-43-46-49-52-55(56,53-50-47-44-41-38-35-32-29-26-23-20-17-14-11-8-5-2)54-51-48-45-42-39-36-33-30-27-24-21-18-15-12-9-6-3;/h25-30H,4-24,31-54,56H2,1-3H3;1H2/b28-25-,29-26-,30-27-;. The van der Waals surface area contributed by atoms with Gasteiger partial charge in [0.25, 0.3) is 0 Å². The smallest absolute Gasteiger partial charge is 0.0945 e. The first-order chi connectivity index (χ1) is 27.7. The molecular formula is C55H109NO. The van der Waals surface area contributed by atoms with E-state index in [0.29, 0.717) is 5.54 Å². The van der Waals surface area contributed by atoms with Crippen molar-refractivity contribution < 1.29 is 11.2 Å². The van der Waals surface area contributed by atoms with Crippen LogP contribution in [0.25, 0.3) is 0 Å². The zero-order chi connectivity index (χ0) is 40.6. The highest BCUT2D eigenvalue weighted by Gasteiger charge is 2.27. The molecule has 0 amide bonds. The van der Waals surface area contributed by atoms with Crippen LogP contribution in [0.2, 0.25) is 0 Å². The summed E-state index contributed by atoms with van der Waals surface area (Å²) >= 11 is 0. The summed E-state index contributed by atoms with van der Waals surface area (Å²) in [6.45, 7) is 6.92. The van der Waals surface area contributed by atoms with Crippen molar-refractivity contribution in [3.63, 3.8) is 0 Å². The molecule has 0 aliphatic heterocycles. The number of allylic oxidation sites excluding steroid dienone is 6. The molecule has 0 aromatic heterocycles. The second-order valence-corrected chi connectivity index (χ2v) is 18.6. The van der Waals surface area contributed by atoms with Crippen molar-refractivity contribution in [3.8, 4) is 0 Å². The van der Waals surface area contributed by atoms with Gasteiger partial charge in [0.05, 0.1) is 5.54 Å². The van der Waals surface area contributed by atoms with Crippen LogP contribution in [0, 0.1) is 0 Å². The van der Waals surface area contributed by atoms with E-state index < -0.39 is 0 Å². The van der Waals surface area contributed by atoms with Gasteiger partial charge in [-0.25, -0.2) is 0 Å². The zero-order valence-electron chi connectivity index (χ0n) is 39.9. The summed E-state index contributed by atoms with van der Waals surface area (Å²) in [6.07, 6.45) is 77.5. The van der Waals surface area contributed by atoms with Crippen molar-refractivity contribution >= 4 is 0 Å². The highest BCUT2D eigenvalue weighted by atomic mass is 16.0. The lowest BCUT2D eigenvalue weighted by molar-refractivity contribution is -0.484. The molecule has 0 aromatic rings. The van der Waals surface area contributed by atoms with Gasteiger partial charge >= 0.3 is 0 Å². The first kappa shape index (κ1) is 58.2. The molecule has 0 fully saturated rings. The van der Waals surface area contributed by atoms with Gasteiger partial charge in [-0.15, -0.1) is 0 Å². The molecule has 0 rings (SSSR count). The molecule has 0 saturated carbocycles. The van der Waals surface area contributed by atoms with Crippen LogP contribution in [0.1, 0.15) is 310 Å². The number of quaternary nitrogens is 1. The summed E-state index contributed by atoms with van der Waals surface area (Å²) in [5.41, 5.74) is 5.30. The minimum Gasteiger partial charge on any atom is -0.870 e. The van der Waals surface area contributed by atoms with Gasteiger partial charge in [-0.1, -0.05) is 231 Å². The third-order valence-corrected chi connectivity index (χ3v) is 12.7. The van der Waals surface area contributed by atoms with Gasteiger partial charge in [-0.3, -0.25) is 0 Å². The Bertz CT molecular complexity index is 696. The molecule has 0 aromatic carbocycles. The number of unbranched alkanes of at least 4 members (excludes halogenated alkanes) is 36. The summed E-state index contributed by atoms with van der Waals surface area (Å²) in [5, 5.41) is 0. The van der Waals surface area contributed by atoms with E-state index in [1.54, 1.807) is 0 Å². The Balaban J connectivity index is 0. The molecule has 0 saturated heterocycles. The lowest BCUT2D eigenvalue weighted by atomic mass is 9.82. The van der Waals surface area contributed by atoms with Crippen LogP contribution in [0.5, 0.6) is 0 Å². The molecular weight excluding hydrogens is 691 g/mol. The topological polar surface area (TPSA) is 57.6 Å². The van der Waals surface area contributed by atoms with E-state index in [4.69, 9.17) is 5.73 Å². The second kappa shape index (κ2) is 51.3. The average molecular weight is 800 g/mol. The molecule has 0 heterocycles. The SMILES string of the molecule is CCCCCCCC/C=C\CCCCCCCCC([NH3+])(CCCCCCCC/C=C\CCCCCCCC)CCCCCCCC/C=C\CCCCCCCC.[OH-]. The van der Waals surface area contributed by atoms with Crippen molar-refractivity contribution in [2.24, 2.45) is 0 Å². The third kappa shape index (κ3) is 49.4. The molecule has 0 bridgehead atoms. The summed E-state index contributed by atoms with van der Waals surface area (Å²) in [6, 6.07) is 0. The zero-order valence-corrected chi connectivity index (χ0v) is 39.9. The van der Waals surface area contributed by atoms with Gasteiger partial charge in [0.2, 0.25) is 0 Å². The van der Waals surface area contributed by atoms with E-state index in [9.17, 15) is 0 Å².